The Morgan fingerprint density at radius 2 is 2.20 bits per heavy atom. The van der Waals surface area contributed by atoms with Gasteiger partial charge in [0.1, 0.15) is 0 Å². The van der Waals surface area contributed by atoms with Gasteiger partial charge in [0.15, 0.2) is 5.96 Å². The highest BCUT2D eigenvalue weighted by atomic mass is 16.5. The Kier molecular flexibility index (Phi) is 8.72. The van der Waals surface area contributed by atoms with Crippen molar-refractivity contribution in [1.29, 1.82) is 0 Å². The van der Waals surface area contributed by atoms with E-state index in [0.29, 0.717) is 32.1 Å². The molecule has 1 heterocycles. The number of nitrogens with zero attached hydrogens (tertiary/aromatic N) is 1. The van der Waals surface area contributed by atoms with Gasteiger partial charge in [-0.1, -0.05) is 30.3 Å². The van der Waals surface area contributed by atoms with Crippen LogP contribution in [0.4, 0.5) is 0 Å². The third kappa shape index (κ3) is 7.86. The molecule has 0 amide bonds. The molecule has 1 aromatic carbocycles. The molecule has 0 radical (unpaired) electrons. The van der Waals surface area contributed by atoms with Gasteiger partial charge in [-0.2, -0.15) is 0 Å². The second-order valence-electron chi connectivity index (χ2n) is 6.43. The number of ether oxygens (including phenoxy) is 2. The molecule has 6 heteroatoms. The third-order valence-electron chi connectivity index (χ3n) is 3.97. The lowest BCUT2D eigenvalue weighted by atomic mass is 10.1. The van der Waals surface area contributed by atoms with Crippen LogP contribution in [0.25, 0.3) is 0 Å². The first kappa shape index (κ1) is 19.7. The first-order valence-corrected chi connectivity index (χ1v) is 9.13. The summed E-state index contributed by atoms with van der Waals surface area (Å²) in [5, 5.41) is 16.7. The molecule has 3 N–H and O–H groups in total. The molecule has 1 aliphatic rings. The largest absolute Gasteiger partial charge is 0.391 e. The van der Waals surface area contributed by atoms with Gasteiger partial charge in [-0.05, 0) is 25.8 Å². The van der Waals surface area contributed by atoms with Gasteiger partial charge in [0.25, 0.3) is 0 Å². The number of aliphatic hydroxyl groups excluding tert-OH is 1. The topological polar surface area (TPSA) is 75.1 Å². The van der Waals surface area contributed by atoms with Crippen molar-refractivity contribution in [2.24, 2.45) is 4.99 Å². The van der Waals surface area contributed by atoms with Crippen molar-refractivity contribution in [2.75, 3.05) is 32.9 Å². The monoisotopic (exact) mass is 349 g/mol. The first-order chi connectivity index (χ1) is 12.2. The van der Waals surface area contributed by atoms with Crippen LogP contribution in [0.5, 0.6) is 0 Å². The van der Waals surface area contributed by atoms with Crippen LogP contribution >= 0.6 is 0 Å². The highest BCUT2D eigenvalue weighted by Crippen LogP contribution is 2.08. The van der Waals surface area contributed by atoms with E-state index in [1.165, 1.54) is 0 Å². The average molecular weight is 349 g/mol. The predicted molar refractivity (Wildman–Crippen MR) is 99.9 cm³/mol. The fraction of sp³-hybridized carbons (Fsp3) is 0.632. The molecule has 1 saturated heterocycles. The zero-order chi connectivity index (χ0) is 17.9. The molecule has 1 aliphatic heterocycles. The van der Waals surface area contributed by atoms with Gasteiger partial charge >= 0.3 is 0 Å². The number of hydrogen-bond donors (Lipinski definition) is 3. The van der Waals surface area contributed by atoms with Crippen LogP contribution in [0.1, 0.15) is 25.8 Å². The van der Waals surface area contributed by atoms with Crippen LogP contribution in [-0.4, -0.2) is 62.2 Å². The van der Waals surface area contributed by atoms with Gasteiger partial charge in [-0.25, -0.2) is 0 Å². The lowest BCUT2D eigenvalue weighted by molar-refractivity contribution is 0.0347. The first-order valence-electron chi connectivity index (χ1n) is 9.13. The summed E-state index contributed by atoms with van der Waals surface area (Å²) in [4.78, 5) is 4.49. The fourth-order valence-electron chi connectivity index (χ4n) is 2.67. The molecule has 0 aliphatic carbocycles. The quantitative estimate of drug-likeness (QED) is 0.463. The van der Waals surface area contributed by atoms with Crippen LogP contribution in [0.3, 0.4) is 0 Å². The summed E-state index contributed by atoms with van der Waals surface area (Å²) in [6.45, 7) is 7.28. The molecule has 25 heavy (non-hydrogen) atoms. The van der Waals surface area contributed by atoms with Crippen molar-refractivity contribution in [3.8, 4) is 0 Å². The Morgan fingerprint density at radius 1 is 1.40 bits per heavy atom. The van der Waals surface area contributed by atoms with Gasteiger partial charge < -0.3 is 25.2 Å². The fourth-order valence-corrected chi connectivity index (χ4v) is 2.67. The maximum atomic E-state index is 10.2. The normalized spacial score (nSPS) is 20.3. The van der Waals surface area contributed by atoms with Crippen molar-refractivity contribution < 1.29 is 14.6 Å². The number of rotatable bonds is 9. The summed E-state index contributed by atoms with van der Waals surface area (Å²) in [5.41, 5.74) is 1.11. The van der Waals surface area contributed by atoms with E-state index in [1.54, 1.807) is 0 Å². The predicted octanol–water partition coefficient (Wildman–Crippen LogP) is 1.34. The number of hydrogen-bond acceptors (Lipinski definition) is 4. The SMILES string of the molecule is CCNC(=NCC(O)Cc1ccccc1)NC(C)COC1CCOC1. The summed E-state index contributed by atoms with van der Waals surface area (Å²) in [5.74, 6) is 0.702. The zero-order valence-corrected chi connectivity index (χ0v) is 15.3. The minimum absolute atomic E-state index is 0.129. The highest BCUT2D eigenvalue weighted by Gasteiger charge is 2.17. The van der Waals surface area contributed by atoms with Crippen molar-refractivity contribution in [2.45, 2.75) is 44.9 Å². The molecule has 0 saturated carbocycles. The van der Waals surface area contributed by atoms with Crippen molar-refractivity contribution in [3.05, 3.63) is 35.9 Å². The van der Waals surface area contributed by atoms with E-state index in [1.807, 2.05) is 37.3 Å². The van der Waals surface area contributed by atoms with Crippen LogP contribution in [0.2, 0.25) is 0 Å². The van der Waals surface area contributed by atoms with E-state index in [-0.39, 0.29) is 12.1 Å². The van der Waals surface area contributed by atoms with E-state index in [4.69, 9.17) is 9.47 Å². The number of nitrogens with one attached hydrogen (secondary N) is 2. The molecule has 0 aromatic heterocycles. The molecule has 1 aromatic rings. The lowest BCUT2D eigenvalue weighted by Crippen LogP contribution is -2.45. The van der Waals surface area contributed by atoms with Gasteiger partial charge in [0, 0.05) is 25.6 Å². The van der Waals surface area contributed by atoms with E-state index in [0.717, 1.165) is 25.1 Å². The average Bonchev–Trinajstić information content (AvgIpc) is 3.12. The Morgan fingerprint density at radius 3 is 2.88 bits per heavy atom. The van der Waals surface area contributed by atoms with Gasteiger partial charge in [-0.15, -0.1) is 0 Å². The molecule has 1 fully saturated rings. The van der Waals surface area contributed by atoms with Gasteiger partial charge in [-0.3, -0.25) is 4.99 Å². The maximum absolute atomic E-state index is 10.2. The summed E-state index contributed by atoms with van der Waals surface area (Å²) in [7, 11) is 0. The minimum atomic E-state index is -0.500. The van der Waals surface area contributed by atoms with Crippen LogP contribution in [0, 0.1) is 0 Å². The number of guanidine groups is 1. The summed E-state index contributed by atoms with van der Waals surface area (Å²) >= 11 is 0. The third-order valence-corrected chi connectivity index (χ3v) is 3.97. The number of benzene rings is 1. The van der Waals surface area contributed by atoms with Gasteiger partial charge in [0.2, 0.25) is 0 Å². The molecule has 0 bridgehead atoms. The molecule has 3 atom stereocenters. The zero-order valence-electron chi connectivity index (χ0n) is 15.3. The van der Waals surface area contributed by atoms with E-state index >= 15 is 0 Å². The Balaban J connectivity index is 1.76. The van der Waals surface area contributed by atoms with Crippen molar-refractivity contribution in [3.63, 3.8) is 0 Å². The second-order valence-corrected chi connectivity index (χ2v) is 6.43. The van der Waals surface area contributed by atoms with Crippen molar-refractivity contribution >= 4 is 5.96 Å². The lowest BCUT2D eigenvalue weighted by Gasteiger charge is -2.20. The van der Waals surface area contributed by atoms with Crippen LogP contribution < -0.4 is 10.6 Å². The van der Waals surface area contributed by atoms with E-state index in [2.05, 4.69) is 22.5 Å². The Labute approximate surface area is 150 Å². The molecule has 2 rings (SSSR count). The standard InChI is InChI=1S/C19H31N3O3/c1-3-20-19(22-15(2)13-25-18-9-10-24-14-18)21-12-17(23)11-16-7-5-4-6-8-16/h4-8,15,17-18,23H,3,9-14H2,1-2H3,(H2,20,21,22). The van der Waals surface area contributed by atoms with E-state index in [9.17, 15) is 5.11 Å². The molecule has 3 unspecified atom stereocenters. The smallest absolute Gasteiger partial charge is 0.191 e. The molecule has 140 valence electrons. The van der Waals surface area contributed by atoms with E-state index < -0.39 is 6.10 Å². The summed E-state index contributed by atoms with van der Waals surface area (Å²) in [6.07, 6.45) is 1.27. The minimum Gasteiger partial charge on any atom is -0.391 e. The highest BCUT2D eigenvalue weighted by molar-refractivity contribution is 5.80. The second kappa shape index (κ2) is 11.1. The molecule has 6 nitrogen and oxygen atoms in total. The van der Waals surface area contributed by atoms with Gasteiger partial charge in [0.05, 0.1) is 32.0 Å². The molecular weight excluding hydrogens is 318 g/mol. The molecular formula is C19H31N3O3. The molecule has 0 spiro atoms. The Hall–Kier alpha value is -1.63. The number of aliphatic hydroxyl groups is 1. The van der Waals surface area contributed by atoms with Crippen LogP contribution in [-0.2, 0) is 15.9 Å². The summed E-state index contributed by atoms with van der Waals surface area (Å²) < 4.78 is 11.1. The van der Waals surface area contributed by atoms with Crippen molar-refractivity contribution in [1.82, 2.24) is 10.6 Å². The number of aliphatic imine (C=N–C) groups is 1. The van der Waals surface area contributed by atoms with Crippen LogP contribution in [0.15, 0.2) is 35.3 Å². The Bertz CT molecular complexity index is 504. The maximum Gasteiger partial charge on any atom is 0.191 e. The summed E-state index contributed by atoms with van der Waals surface area (Å²) in [6, 6.07) is 10.1.